The Labute approximate surface area is 127 Å². The first-order valence-electron chi connectivity index (χ1n) is 6.35. The summed E-state index contributed by atoms with van der Waals surface area (Å²) >= 11 is 0.941. The fraction of sp³-hybridized carbons (Fsp3) is 0.125. The van der Waals surface area contributed by atoms with E-state index in [-0.39, 0.29) is 17.7 Å². The Morgan fingerprint density at radius 1 is 1.14 bits per heavy atom. The first kappa shape index (κ1) is 15.1. The summed E-state index contributed by atoms with van der Waals surface area (Å²) in [7, 11) is 0. The van der Waals surface area contributed by atoms with E-state index in [0.717, 1.165) is 23.1 Å². The van der Waals surface area contributed by atoms with Crippen LogP contribution in [0.1, 0.15) is 5.56 Å². The van der Waals surface area contributed by atoms with Gasteiger partial charge in [-0.15, -0.1) is 6.58 Å². The maximum Gasteiger partial charge on any atom is 0.293 e. The van der Waals surface area contributed by atoms with Crippen molar-refractivity contribution in [1.82, 2.24) is 4.90 Å². The Balaban J connectivity index is 2.13. The number of imide groups is 1. The van der Waals surface area contributed by atoms with Crippen LogP contribution in [0.25, 0.3) is 6.08 Å². The summed E-state index contributed by atoms with van der Waals surface area (Å²) in [4.78, 5) is 25.3. The van der Waals surface area contributed by atoms with Crippen LogP contribution in [0, 0.1) is 0 Å². The summed E-state index contributed by atoms with van der Waals surface area (Å²) in [5.74, 6) is 0.448. The Bertz CT molecular complexity index is 604. The molecule has 0 unspecified atom stereocenters. The molecule has 4 nitrogen and oxygen atoms in total. The lowest BCUT2D eigenvalue weighted by atomic mass is 10.2. The predicted molar refractivity (Wildman–Crippen MR) is 85.0 cm³/mol. The fourth-order valence-corrected chi connectivity index (χ4v) is 2.60. The molecule has 1 aromatic rings. The number of carbonyl (C=O) groups is 2. The third-order valence-corrected chi connectivity index (χ3v) is 3.64. The van der Waals surface area contributed by atoms with Crippen molar-refractivity contribution in [3.8, 4) is 5.75 Å². The summed E-state index contributed by atoms with van der Waals surface area (Å²) < 4.78 is 5.38. The second kappa shape index (κ2) is 6.95. The van der Waals surface area contributed by atoms with Crippen molar-refractivity contribution < 1.29 is 14.3 Å². The molecular formula is C16H15NO3S. The SMILES string of the molecule is C=CCOc1ccc(/C=C2/SC(=O)N(CC=C)C2=O)cc1. The molecule has 5 heteroatoms. The van der Waals surface area contributed by atoms with Gasteiger partial charge in [0.25, 0.3) is 11.1 Å². The molecule has 0 bridgehead atoms. The van der Waals surface area contributed by atoms with Crippen LogP contribution in [0.15, 0.2) is 54.5 Å². The van der Waals surface area contributed by atoms with Crippen molar-refractivity contribution >= 4 is 29.0 Å². The topological polar surface area (TPSA) is 46.6 Å². The third-order valence-electron chi connectivity index (χ3n) is 2.73. The lowest BCUT2D eigenvalue weighted by Gasteiger charge is -2.07. The van der Waals surface area contributed by atoms with Gasteiger partial charge in [-0.05, 0) is 35.5 Å². The molecule has 0 atom stereocenters. The van der Waals surface area contributed by atoms with E-state index < -0.39 is 0 Å². The Morgan fingerprint density at radius 2 is 1.86 bits per heavy atom. The van der Waals surface area contributed by atoms with Crippen molar-refractivity contribution in [2.75, 3.05) is 13.2 Å². The van der Waals surface area contributed by atoms with Crippen molar-refractivity contribution in [3.05, 3.63) is 60.0 Å². The van der Waals surface area contributed by atoms with Gasteiger partial charge in [0.05, 0.1) is 4.91 Å². The van der Waals surface area contributed by atoms with Crippen molar-refractivity contribution in [3.63, 3.8) is 0 Å². The lowest BCUT2D eigenvalue weighted by Crippen LogP contribution is -2.27. The van der Waals surface area contributed by atoms with Gasteiger partial charge in [-0.3, -0.25) is 14.5 Å². The first-order chi connectivity index (χ1) is 10.2. The number of thioether (sulfide) groups is 1. The van der Waals surface area contributed by atoms with Crippen LogP contribution < -0.4 is 4.74 Å². The summed E-state index contributed by atoms with van der Waals surface area (Å²) in [6, 6.07) is 7.28. The number of nitrogens with zero attached hydrogens (tertiary/aromatic N) is 1. The van der Waals surface area contributed by atoms with E-state index >= 15 is 0 Å². The maximum atomic E-state index is 12.1. The zero-order valence-electron chi connectivity index (χ0n) is 11.5. The molecule has 21 heavy (non-hydrogen) atoms. The molecule has 1 fully saturated rings. The Kier molecular flexibility index (Phi) is 5.00. The zero-order chi connectivity index (χ0) is 15.2. The summed E-state index contributed by atoms with van der Waals surface area (Å²) in [6.45, 7) is 7.80. The number of ether oxygens (including phenoxy) is 1. The maximum absolute atomic E-state index is 12.1. The Hall–Kier alpha value is -2.27. The van der Waals surface area contributed by atoms with Crippen LogP contribution in [0.2, 0.25) is 0 Å². The van der Waals surface area contributed by atoms with Crippen LogP contribution in [0.5, 0.6) is 5.75 Å². The Morgan fingerprint density at radius 3 is 2.48 bits per heavy atom. The molecule has 2 amide bonds. The lowest BCUT2D eigenvalue weighted by molar-refractivity contribution is -0.122. The molecule has 0 radical (unpaired) electrons. The first-order valence-corrected chi connectivity index (χ1v) is 7.17. The second-order valence-corrected chi connectivity index (χ2v) is 5.24. The van der Waals surface area contributed by atoms with E-state index in [1.54, 1.807) is 12.2 Å². The predicted octanol–water partition coefficient (Wildman–Crippen LogP) is 3.47. The second-order valence-electron chi connectivity index (χ2n) is 4.25. The molecule has 1 aliphatic rings. The average molecular weight is 301 g/mol. The highest BCUT2D eigenvalue weighted by molar-refractivity contribution is 8.18. The quantitative estimate of drug-likeness (QED) is 0.596. The number of benzene rings is 1. The van der Waals surface area contributed by atoms with Crippen LogP contribution in [-0.2, 0) is 4.79 Å². The van der Waals surface area contributed by atoms with Gasteiger partial charge in [0.1, 0.15) is 12.4 Å². The van der Waals surface area contributed by atoms with Gasteiger partial charge in [0, 0.05) is 6.54 Å². The van der Waals surface area contributed by atoms with Crippen molar-refractivity contribution in [2.24, 2.45) is 0 Å². The van der Waals surface area contributed by atoms with Gasteiger partial charge in [0.15, 0.2) is 0 Å². The molecule has 0 saturated carbocycles. The molecule has 108 valence electrons. The molecule has 0 N–H and O–H groups in total. The van der Waals surface area contributed by atoms with Crippen LogP contribution in [0.3, 0.4) is 0 Å². The monoisotopic (exact) mass is 301 g/mol. The van der Waals surface area contributed by atoms with E-state index in [4.69, 9.17) is 4.74 Å². The largest absolute Gasteiger partial charge is 0.490 e. The highest BCUT2D eigenvalue weighted by atomic mass is 32.2. The minimum absolute atomic E-state index is 0.232. The fourth-order valence-electron chi connectivity index (χ4n) is 1.75. The zero-order valence-corrected chi connectivity index (χ0v) is 12.3. The summed E-state index contributed by atoms with van der Waals surface area (Å²) in [6.07, 6.45) is 4.90. The van der Waals surface area contributed by atoms with Gasteiger partial charge >= 0.3 is 0 Å². The number of hydrogen-bond acceptors (Lipinski definition) is 4. The molecule has 0 spiro atoms. The average Bonchev–Trinajstić information content (AvgIpc) is 2.75. The smallest absolute Gasteiger partial charge is 0.293 e. The van der Waals surface area contributed by atoms with Crippen LogP contribution >= 0.6 is 11.8 Å². The number of amides is 2. The van der Waals surface area contributed by atoms with E-state index in [1.807, 2.05) is 24.3 Å². The van der Waals surface area contributed by atoms with Gasteiger partial charge in [0.2, 0.25) is 0 Å². The summed E-state index contributed by atoms with van der Waals surface area (Å²) in [5.41, 5.74) is 0.838. The minimum atomic E-state index is -0.281. The molecule has 1 heterocycles. The summed E-state index contributed by atoms with van der Waals surface area (Å²) in [5, 5.41) is -0.267. The normalized spacial score (nSPS) is 16.4. The van der Waals surface area contributed by atoms with Crippen LogP contribution in [0.4, 0.5) is 4.79 Å². The van der Waals surface area contributed by atoms with Gasteiger partial charge < -0.3 is 4.74 Å². The van der Waals surface area contributed by atoms with E-state index in [2.05, 4.69) is 13.2 Å². The molecular weight excluding hydrogens is 286 g/mol. The van der Waals surface area contributed by atoms with Crippen LogP contribution in [-0.4, -0.2) is 29.2 Å². The highest BCUT2D eigenvalue weighted by Gasteiger charge is 2.33. The molecule has 0 aliphatic carbocycles. The van der Waals surface area contributed by atoms with E-state index in [0.29, 0.717) is 11.5 Å². The minimum Gasteiger partial charge on any atom is -0.490 e. The van der Waals surface area contributed by atoms with Gasteiger partial charge in [-0.2, -0.15) is 0 Å². The van der Waals surface area contributed by atoms with Gasteiger partial charge in [-0.25, -0.2) is 0 Å². The van der Waals surface area contributed by atoms with Gasteiger partial charge in [-0.1, -0.05) is 30.9 Å². The standard InChI is InChI=1S/C16H15NO3S/c1-3-9-17-15(18)14(21-16(17)19)11-12-5-7-13(8-6-12)20-10-4-2/h3-8,11H,1-2,9-10H2/b14-11+. The number of hydrogen-bond donors (Lipinski definition) is 0. The van der Waals surface area contributed by atoms with Crippen molar-refractivity contribution in [2.45, 2.75) is 0 Å². The van der Waals surface area contributed by atoms with Crippen molar-refractivity contribution in [1.29, 1.82) is 0 Å². The number of carbonyl (C=O) groups excluding carboxylic acids is 2. The number of rotatable bonds is 6. The van der Waals surface area contributed by atoms with E-state index in [9.17, 15) is 9.59 Å². The third kappa shape index (κ3) is 3.64. The molecule has 1 aromatic carbocycles. The molecule has 2 rings (SSSR count). The van der Waals surface area contributed by atoms with E-state index in [1.165, 1.54) is 11.0 Å². The highest BCUT2D eigenvalue weighted by Crippen LogP contribution is 2.32. The molecule has 0 aromatic heterocycles. The molecule has 1 saturated heterocycles. The molecule has 1 aliphatic heterocycles.